The van der Waals surface area contributed by atoms with Crippen LogP contribution in [-0.4, -0.2) is 20.4 Å². The molecule has 0 radical (unpaired) electrons. The number of esters is 1. The molecule has 0 heterocycles. The second-order valence-electron chi connectivity index (χ2n) is 6.52. The summed E-state index contributed by atoms with van der Waals surface area (Å²) in [4.78, 5) is 12.5. The van der Waals surface area contributed by atoms with Crippen molar-refractivity contribution in [1.82, 2.24) is 0 Å². The highest BCUT2D eigenvalue weighted by Gasteiger charge is 2.21. The fourth-order valence-electron chi connectivity index (χ4n) is 2.84. The van der Waals surface area contributed by atoms with Gasteiger partial charge >= 0.3 is 5.97 Å². The first-order valence-electron chi connectivity index (χ1n) is 8.84. The fraction of sp³-hybridized carbons (Fsp3) is 0.136. The molecule has 0 spiro atoms. The molecule has 0 fully saturated rings. The Hall–Kier alpha value is -2.96. The van der Waals surface area contributed by atoms with Crippen LogP contribution in [0.25, 0.3) is 0 Å². The lowest BCUT2D eigenvalue weighted by atomic mass is 10.1. The average molecular weight is 395 g/mol. The molecule has 0 amide bonds. The maximum absolute atomic E-state index is 13.0. The topological polar surface area (TPSA) is 86.5 Å². The first-order chi connectivity index (χ1) is 13.4. The van der Waals surface area contributed by atoms with Gasteiger partial charge in [-0.2, -0.15) is 0 Å². The minimum absolute atomic E-state index is 0.129. The van der Waals surface area contributed by atoms with Gasteiger partial charge in [0.05, 0.1) is 15.4 Å². The molecule has 1 unspecified atom stereocenters. The number of rotatable bonds is 6. The Morgan fingerprint density at radius 3 is 2.18 bits per heavy atom. The molecule has 0 saturated carbocycles. The number of hydrogen-bond acceptors (Lipinski definition) is 5. The van der Waals surface area contributed by atoms with E-state index in [1.54, 1.807) is 54.6 Å². The van der Waals surface area contributed by atoms with Crippen molar-refractivity contribution in [2.24, 2.45) is 5.73 Å². The molecule has 3 aromatic rings. The highest BCUT2D eigenvalue weighted by Crippen LogP contribution is 2.26. The first-order valence-corrected chi connectivity index (χ1v) is 10.3. The highest BCUT2D eigenvalue weighted by molar-refractivity contribution is 7.91. The van der Waals surface area contributed by atoms with E-state index in [-0.39, 0.29) is 21.6 Å². The molecule has 3 aromatic carbocycles. The van der Waals surface area contributed by atoms with Gasteiger partial charge in [-0.3, -0.25) is 0 Å². The molecule has 0 aliphatic rings. The third-order valence-corrected chi connectivity index (χ3v) is 6.03. The number of nitrogens with two attached hydrogens (primary N) is 1. The van der Waals surface area contributed by atoms with Crippen LogP contribution in [0.1, 0.15) is 22.8 Å². The van der Waals surface area contributed by atoms with Gasteiger partial charge in [0.2, 0.25) is 9.84 Å². The van der Waals surface area contributed by atoms with Gasteiger partial charge in [-0.15, -0.1) is 0 Å². The third-order valence-electron chi connectivity index (χ3n) is 4.16. The molecule has 0 aliphatic heterocycles. The van der Waals surface area contributed by atoms with E-state index in [1.165, 1.54) is 24.3 Å². The van der Waals surface area contributed by atoms with E-state index < -0.39 is 15.8 Å². The maximum atomic E-state index is 13.0. The number of benzene rings is 3. The van der Waals surface area contributed by atoms with Gasteiger partial charge in [0, 0.05) is 6.04 Å². The predicted octanol–water partition coefficient (Wildman–Crippen LogP) is 3.63. The largest absolute Gasteiger partial charge is 0.423 e. The zero-order valence-corrected chi connectivity index (χ0v) is 16.2. The monoisotopic (exact) mass is 395 g/mol. The quantitative estimate of drug-likeness (QED) is 0.509. The van der Waals surface area contributed by atoms with Crippen molar-refractivity contribution in [3.63, 3.8) is 0 Å². The Labute approximate surface area is 164 Å². The Balaban J connectivity index is 1.84. The Morgan fingerprint density at radius 1 is 0.929 bits per heavy atom. The predicted molar refractivity (Wildman–Crippen MR) is 107 cm³/mol. The van der Waals surface area contributed by atoms with Gasteiger partial charge < -0.3 is 10.5 Å². The summed E-state index contributed by atoms with van der Waals surface area (Å²) in [6.07, 6.45) is 0.460. The average Bonchev–Trinajstić information content (AvgIpc) is 2.69. The van der Waals surface area contributed by atoms with E-state index in [0.29, 0.717) is 17.5 Å². The second-order valence-corrected chi connectivity index (χ2v) is 8.44. The zero-order valence-electron chi connectivity index (χ0n) is 15.4. The van der Waals surface area contributed by atoms with Crippen molar-refractivity contribution in [2.75, 3.05) is 0 Å². The minimum Gasteiger partial charge on any atom is -0.423 e. The SMILES string of the molecule is CC(N)Cc1ccccc1S(=O)(=O)c1ccc(OC(=O)c2ccccc2)cc1. The van der Waals surface area contributed by atoms with Crippen LogP contribution in [0.3, 0.4) is 0 Å². The normalized spacial score (nSPS) is 12.4. The zero-order chi connectivity index (χ0) is 20.1. The molecule has 28 heavy (non-hydrogen) atoms. The minimum atomic E-state index is -3.71. The van der Waals surface area contributed by atoms with E-state index in [9.17, 15) is 13.2 Å². The highest BCUT2D eigenvalue weighted by atomic mass is 32.2. The van der Waals surface area contributed by atoms with Crippen LogP contribution in [0.5, 0.6) is 5.75 Å². The lowest BCUT2D eigenvalue weighted by molar-refractivity contribution is 0.0734. The molecular formula is C22H21NO4S. The molecule has 6 heteroatoms. The standard InChI is InChI=1S/C22H21NO4S/c1-16(23)15-18-9-5-6-10-21(18)28(25,26)20-13-11-19(12-14-20)27-22(24)17-7-3-2-4-8-17/h2-14,16H,15,23H2,1H3. The summed E-state index contributed by atoms with van der Waals surface area (Å²) < 4.78 is 31.4. The van der Waals surface area contributed by atoms with Gasteiger partial charge in [-0.05, 0) is 61.4 Å². The van der Waals surface area contributed by atoms with Crippen LogP contribution < -0.4 is 10.5 Å². The number of carbonyl (C=O) groups is 1. The first kappa shape index (κ1) is 19.8. The Morgan fingerprint density at radius 2 is 1.54 bits per heavy atom. The Kier molecular flexibility index (Phi) is 5.92. The molecule has 5 nitrogen and oxygen atoms in total. The van der Waals surface area contributed by atoms with Crippen LogP contribution in [0.15, 0.2) is 88.7 Å². The summed E-state index contributed by atoms with van der Waals surface area (Å²) in [7, 11) is -3.71. The summed E-state index contributed by atoms with van der Waals surface area (Å²) in [5.74, 6) is -0.227. The van der Waals surface area contributed by atoms with E-state index in [0.717, 1.165) is 0 Å². The van der Waals surface area contributed by atoms with Gasteiger partial charge in [-0.1, -0.05) is 36.4 Å². The van der Waals surface area contributed by atoms with Crippen LogP contribution in [0, 0.1) is 0 Å². The van der Waals surface area contributed by atoms with E-state index in [1.807, 2.05) is 6.92 Å². The molecule has 1 atom stereocenters. The summed E-state index contributed by atoms with van der Waals surface area (Å²) in [6, 6.07) is 21.1. The van der Waals surface area contributed by atoms with Crippen LogP contribution in [-0.2, 0) is 16.3 Å². The van der Waals surface area contributed by atoms with Gasteiger partial charge in [0.15, 0.2) is 0 Å². The summed E-state index contributed by atoms with van der Waals surface area (Å²) in [6.45, 7) is 1.83. The number of carbonyl (C=O) groups excluding carboxylic acids is 1. The van der Waals surface area contributed by atoms with Crippen LogP contribution >= 0.6 is 0 Å². The molecule has 0 saturated heterocycles. The number of ether oxygens (including phenoxy) is 1. The lowest BCUT2D eigenvalue weighted by Gasteiger charge is -2.12. The van der Waals surface area contributed by atoms with E-state index in [4.69, 9.17) is 10.5 Å². The van der Waals surface area contributed by atoms with Crippen LogP contribution in [0.2, 0.25) is 0 Å². The maximum Gasteiger partial charge on any atom is 0.343 e. The molecular weight excluding hydrogens is 374 g/mol. The van der Waals surface area contributed by atoms with E-state index in [2.05, 4.69) is 0 Å². The van der Waals surface area contributed by atoms with Crippen molar-refractivity contribution in [3.8, 4) is 5.75 Å². The van der Waals surface area contributed by atoms with Crippen molar-refractivity contribution in [1.29, 1.82) is 0 Å². The smallest absolute Gasteiger partial charge is 0.343 e. The lowest BCUT2D eigenvalue weighted by Crippen LogP contribution is -2.19. The third kappa shape index (κ3) is 4.47. The van der Waals surface area contributed by atoms with Gasteiger partial charge in [-0.25, -0.2) is 13.2 Å². The Bertz CT molecular complexity index is 1060. The number of sulfone groups is 1. The fourth-order valence-corrected chi connectivity index (χ4v) is 4.34. The molecule has 0 aliphatic carbocycles. The molecule has 144 valence electrons. The molecule has 2 N–H and O–H groups in total. The molecule has 3 rings (SSSR count). The van der Waals surface area contributed by atoms with Crippen molar-refractivity contribution in [3.05, 3.63) is 90.0 Å². The summed E-state index contributed by atoms with van der Waals surface area (Å²) in [5.41, 5.74) is 6.94. The summed E-state index contributed by atoms with van der Waals surface area (Å²) >= 11 is 0. The molecule has 0 bridgehead atoms. The van der Waals surface area contributed by atoms with Gasteiger partial charge in [0.25, 0.3) is 0 Å². The second kappa shape index (κ2) is 8.37. The summed E-state index contributed by atoms with van der Waals surface area (Å²) in [5, 5.41) is 0. The van der Waals surface area contributed by atoms with Crippen molar-refractivity contribution < 1.29 is 17.9 Å². The van der Waals surface area contributed by atoms with Crippen molar-refractivity contribution >= 4 is 15.8 Å². The van der Waals surface area contributed by atoms with E-state index >= 15 is 0 Å². The van der Waals surface area contributed by atoms with Gasteiger partial charge in [0.1, 0.15) is 5.75 Å². The molecule has 0 aromatic heterocycles. The number of hydrogen-bond donors (Lipinski definition) is 1. The van der Waals surface area contributed by atoms with Crippen molar-refractivity contribution in [2.45, 2.75) is 29.2 Å². The van der Waals surface area contributed by atoms with Crippen LogP contribution in [0.4, 0.5) is 0 Å².